The van der Waals surface area contributed by atoms with Crippen LogP contribution >= 0.6 is 0 Å². The highest BCUT2D eigenvalue weighted by atomic mass is 16.5. The average molecular weight is 418 g/mol. The Morgan fingerprint density at radius 3 is 2.50 bits per heavy atom. The Balaban J connectivity index is 1.39. The number of hydrogen-bond donors (Lipinski definition) is 0. The third-order valence-electron chi connectivity index (χ3n) is 6.46. The number of likely N-dealkylation sites (tertiary alicyclic amines) is 2. The predicted molar refractivity (Wildman–Crippen MR) is 109 cm³/mol. The zero-order valence-electron chi connectivity index (χ0n) is 17.6. The summed E-state index contributed by atoms with van der Waals surface area (Å²) in [5, 5.41) is 0. The first-order valence-electron chi connectivity index (χ1n) is 10.9. The second kappa shape index (κ2) is 9.85. The van der Waals surface area contributed by atoms with Crippen LogP contribution in [0, 0.1) is 5.92 Å². The Hall–Kier alpha value is -2.03. The van der Waals surface area contributed by atoms with Crippen LogP contribution in [0.5, 0.6) is 0 Å². The molecule has 0 N–H and O–H groups in total. The van der Waals surface area contributed by atoms with Gasteiger partial charge in [0, 0.05) is 57.8 Å². The Bertz CT molecular complexity index is 717. The molecule has 0 aromatic carbocycles. The summed E-state index contributed by atoms with van der Waals surface area (Å²) in [6.45, 7) is 3.59. The van der Waals surface area contributed by atoms with Gasteiger partial charge >= 0.3 is 0 Å². The summed E-state index contributed by atoms with van der Waals surface area (Å²) in [5.74, 6) is 0.365. The van der Waals surface area contributed by atoms with Crippen molar-refractivity contribution < 1.29 is 23.8 Å². The third-order valence-corrected chi connectivity index (χ3v) is 6.46. The Morgan fingerprint density at radius 1 is 1.13 bits per heavy atom. The summed E-state index contributed by atoms with van der Waals surface area (Å²) in [5.41, 5.74) is 1.03. The highest BCUT2D eigenvalue weighted by molar-refractivity contribution is 5.89. The molecule has 0 saturated carbocycles. The van der Waals surface area contributed by atoms with E-state index in [-0.39, 0.29) is 29.8 Å². The SMILES string of the molecule is COCCO[C@H]1C(=O)N(C2CCN(C(=O)C3CCOCC3)CC2)[C@H]1c1ccncc1. The lowest BCUT2D eigenvalue weighted by atomic mass is 9.86. The number of ether oxygens (including phenoxy) is 3. The number of β-lactam (4-membered cyclic amide) rings is 1. The van der Waals surface area contributed by atoms with E-state index in [0.717, 1.165) is 31.2 Å². The van der Waals surface area contributed by atoms with Crippen molar-refractivity contribution in [2.24, 2.45) is 5.92 Å². The van der Waals surface area contributed by atoms with Crippen molar-refractivity contribution in [2.75, 3.05) is 46.6 Å². The minimum atomic E-state index is -0.482. The van der Waals surface area contributed by atoms with E-state index in [0.29, 0.717) is 39.5 Å². The molecule has 8 nitrogen and oxygen atoms in total. The van der Waals surface area contributed by atoms with Crippen molar-refractivity contribution in [1.29, 1.82) is 0 Å². The lowest BCUT2D eigenvalue weighted by molar-refractivity contribution is -0.184. The van der Waals surface area contributed by atoms with Crippen LogP contribution in [-0.2, 0) is 23.8 Å². The molecule has 3 fully saturated rings. The summed E-state index contributed by atoms with van der Waals surface area (Å²) >= 11 is 0. The van der Waals surface area contributed by atoms with E-state index in [1.165, 1.54) is 0 Å². The molecule has 2 amide bonds. The second-order valence-corrected chi connectivity index (χ2v) is 8.20. The van der Waals surface area contributed by atoms with E-state index in [4.69, 9.17) is 14.2 Å². The lowest BCUT2D eigenvalue weighted by Gasteiger charge is -2.52. The quantitative estimate of drug-likeness (QED) is 0.493. The fourth-order valence-corrected chi connectivity index (χ4v) is 4.77. The van der Waals surface area contributed by atoms with Gasteiger partial charge in [0.05, 0.1) is 19.3 Å². The molecule has 30 heavy (non-hydrogen) atoms. The first kappa shape index (κ1) is 21.2. The fraction of sp³-hybridized carbons (Fsp3) is 0.682. The molecule has 0 aliphatic carbocycles. The van der Waals surface area contributed by atoms with E-state index in [1.54, 1.807) is 19.5 Å². The number of rotatable bonds is 7. The molecule has 0 unspecified atom stereocenters. The topological polar surface area (TPSA) is 81.2 Å². The van der Waals surface area contributed by atoms with Gasteiger partial charge in [0.2, 0.25) is 5.91 Å². The molecule has 1 aromatic heterocycles. The number of piperidine rings is 1. The van der Waals surface area contributed by atoms with Crippen molar-refractivity contribution in [3.05, 3.63) is 30.1 Å². The van der Waals surface area contributed by atoms with Gasteiger partial charge in [0.15, 0.2) is 6.10 Å². The summed E-state index contributed by atoms with van der Waals surface area (Å²) in [7, 11) is 1.62. The van der Waals surface area contributed by atoms with Gasteiger partial charge < -0.3 is 24.0 Å². The maximum Gasteiger partial charge on any atom is 0.255 e. The van der Waals surface area contributed by atoms with E-state index in [2.05, 4.69) is 4.98 Å². The lowest BCUT2D eigenvalue weighted by Crippen LogP contribution is -2.65. The Kier molecular flexibility index (Phi) is 6.97. The number of nitrogens with zero attached hydrogens (tertiary/aromatic N) is 3. The number of hydrogen-bond acceptors (Lipinski definition) is 6. The highest BCUT2D eigenvalue weighted by Crippen LogP contribution is 2.41. The predicted octanol–water partition coefficient (Wildman–Crippen LogP) is 1.41. The molecule has 164 valence electrons. The summed E-state index contributed by atoms with van der Waals surface area (Å²) in [6.07, 6.45) is 6.24. The van der Waals surface area contributed by atoms with Crippen LogP contribution in [0.4, 0.5) is 0 Å². The molecule has 4 heterocycles. The summed E-state index contributed by atoms with van der Waals surface area (Å²) in [4.78, 5) is 33.8. The molecular weight excluding hydrogens is 386 g/mol. The Labute approximate surface area is 177 Å². The molecule has 1 aromatic rings. The number of carbonyl (C=O) groups is 2. The minimum absolute atomic E-state index is 0.0297. The second-order valence-electron chi connectivity index (χ2n) is 8.20. The van der Waals surface area contributed by atoms with Gasteiger partial charge in [-0.25, -0.2) is 0 Å². The van der Waals surface area contributed by atoms with E-state index >= 15 is 0 Å². The third kappa shape index (κ3) is 4.36. The number of aromatic nitrogens is 1. The summed E-state index contributed by atoms with van der Waals surface area (Å²) < 4.78 is 16.3. The van der Waals surface area contributed by atoms with E-state index < -0.39 is 6.10 Å². The van der Waals surface area contributed by atoms with Crippen LogP contribution in [0.3, 0.4) is 0 Å². The first-order valence-corrected chi connectivity index (χ1v) is 10.9. The molecule has 0 bridgehead atoms. The number of methoxy groups -OCH3 is 1. The van der Waals surface area contributed by atoms with Gasteiger partial charge in [-0.15, -0.1) is 0 Å². The monoisotopic (exact) mass is 417 g/mol. The largest absolute Gasteiger partial charge is 0.382 e. The maximum absolute atomic E-state index is 13.0. The molecule has 3 saturated heterocycles. The zero-order valence-corrected chi connectivity index (χ0v) is 17.6. The van der Waals surface area contributed by atoms with Gasteiger partial charge in [0.1, 0.15) is 0 Å². The molecule has 0 spiro atoms. The Morgan fingerprint density at radius 2 is 1.83 bits per heavy atom. The molecule has 2 atom stereocenters. The first-order chi connectivity index (χ1) is 14.7. The van der Waals surface area contributed by atoms with Gasteiger partial charge in [-0.3, -0.25) is 14.6 Å². The standard InChI is InChI=1S/C22H31N3O5/c1-28-14-15-30-20-19(16-2-8-23-9-3-16)25(22(20)27)18-4-10-24(11-5-18)21(26)17-6-12-29-13-7-17/h2-3,8-9,17-20H,4-7,10-15H2,1H3/t19-,20+/m0/s1. The van der Waals surface area contributed by atoms with E-state index in [9.17, 15) is 9.59 Å². The fourth-order valence-electron chi connectivity index (χ4n) is 4.77. The molecule has 4 rings (SSSR count). The van der Waals surface area contributed by atoms with Crippen molar-refractivity contribution in [3.8, 4) is 0 Å². The van der Waals surface area contributed by atoms with Crippen LogP contribution in [0.15, 0.2) is 24.5 Å². The van der Waals surface area contributed by atoms with Crippen molar-refractivity contribution >= 4 is 11.8 Å². The van der Waals surface area contributed by atoms with Crippen LogP contribution in [0.1, 0.15) is 37.3 Å². The number of carbonyl (C=O) groups excluding carboxylic acids is 2. The van der Waals surface area contributed by atoms with Gasteiger partial charge in [-0.2, -0.15) is 0 Å². The van der Waals surface area contributed by atoms with Crippen LogP contribution in [0.2, 0.25) is 0 Å². The average Bonchev–Trinajstić information content (AvgIpc) is 2.81. The van der Waals surface area contributed by atoms with Gasteiger partial charge in [-0.05, 0) is 43.4 Å². The molecule has 8 heteroatoms. The van der Waals surface area contributed by atoms with Crippen molar-refractivity contribution in [3.63, 3.8) is 0 Å². The molecule has 0 radical (unpaired) electrons. The highest BCUT2D eigenvalue weighted by Gasteiger charge is 2.52. The minimum Gasteiger partial charge on any atom is -0.382 e. The molecular formula is C22H31N3O5. The van der Waals surface area contributed by atoms with Gasteiger partial charge in [0.25, 0.3) is 5.91 Å². The van der Waals surface area contributed by atoms with Crippen molar-refractivity contribution in [2.45, 2.75) is 43.9 Å². The number of amides is 2. The van der Waals surface area contributed by atoms with Crippen molar-refractivity contribution in [1.82, 2.24) is 14.8 Å². The summed E-state index contributed by atoms with van der Waals surface area (Å²) in [6, 6.07) is 3.90. The zero-order chi connectivity index (χ0) is 20.9. The maximum atomic E-state index is 13.0. The molecule has 3 aliphatic rings. The van der Waals surface area contributed by atoms with E-state index in [1.807, 2.05) is 21.9 Å². The van der Waals surface area contributed by atoms with Crippen LogP contribution in [-0.4, -0.2) is 85.4 Å². The smallest absolute Gasteiger partial charge is 0.255 e. The van der Waals surface area contributed by atoms with Crippen LogP contribution < -0.4 is 0 Å². The normalized spacial score (nSPS) is 26.0. The van der Waals surface area contributed by atoms with Gasteiger partial charge in [-0.1, -0.05) is 0 Å². The number of pyridine rings is 1. The van der Waals surface area contributed by atoms with Crippen LogP contribution in [0.25, 0.3) is 0 Å². The molecule has 3 aliphatic heterocycles.